The van der Waals surface area contributed by atoms with Crippen LogP contribution in [0.4, 0.5) is 13.2 Å². The normalized spacial score (nSPS) is 5.83. The molecule has 0 saturated heterocycles. The maximum Gasteiger partial charge on any atom is 0.120 e. The van der Waals surface area contributed by atoms with E-state index in [2.05, 4.69) is 0 Å². The Hall–Kier alpha value is 0.218. The standard InChI is InChI=1S/C2F3.Pt/c3-1-2(4)5;/q-1;. The maximum absolute atomic E-state index is 10.2. The second kappa shape index (κ2) is 5.22. The third-order valence-electron chi connectivity index (χ3n) is 0.0714. The SMILES string of the molecule is F[C-]=C(F)F.[Pt]. The number of halogens is 3. The van der Waals surface area contributed by atoms with Crippen LogP contribution in [-0.2, 0) is 21.1 Å². The van der Waals surface area contributed by atoms with Crippen molar-refractivity contribution in [2.45, 2.75) is 0 Å². The largest absolute Gasteiger partial charge is 0.453 e. The van der Waals surface area contributed by atoms with E-state index in [9.17, 15) is 13.2 Å². The minimum Gasteiger partial charge on any atom is -0.453 e. The summed E-state index contributed by atoms with van der Waals surface area (Å²) in [6, 6.07) is 0. The minimum absolute atomic E-state index is 0. The molecule has 0 aliphatic heterocycles. The zero-order valence-corrected chi connectivity index (χ0v) is 4.72. The Morgan fingerprint density at radius 3 is 1.50 bits per heavy atom. The summed E-state index contributed by atoms with van der Waals surface area (Å²) in [4.78, 5) is 0. The van der Waals surface area contributed by atoms with Crippen LogP contribution in [0.3, 0.4) is 0 Å². The molecule has 0 fully saturated rings. The van der Waals surface area contributed by atoms with E-state index in [-0.39, 0.29) is 27.4 Å². The van der Waals surface area contributed by atoms with Crippen molar-refractivity contribution in [3.63, 3.8) is 0 Å². The molecule has 0 radical (unpaired) electrons. The molecule has 0 nitrogen and oxygen atoms in total. The molecular weight excluding hydrogens is 276 g/mol. The predicted octanol–water partition coefficient (Wildman–Crippen LogP) is 1.49. The maximum atomic E-state index is 10.2. The van der Waals surface area contributed by atoms with Gasteiger partial charge in [0, 0.05) is 21.1 Å². The van der Waals surface area contributed by atoms with Crippen LogP contribution in [0, 0.1) is 6.33 Å². The average molecular weight is 276 g/mol. The van der Waals surface area contributed by atoms with Gasteiger partial charge in [-0.15, -0.1) is 0 Å². The van der Waals surface area contributed by atoms with Crippen LogP contribution in [0.1, 0.15) is 0 Å². The fraction of sp³-hybridized carbons (Fsp3) is 0. The van der Waals surface area contributed by atoms with E-state index in [4.69, 9.17) is 0 Å². The average Bonchev–Trinajstić information content (AvgIpc) is 1.38. The summed E-state index contributed by atoms with van der Waals surface area (Å²) in [5.41, 5.74) is 0. The van der Waals surface area contributed by atoms with Crippen LogP contribution < -0.4 is 0 Å². The van der Waals surface area contributed by atoms with E-state index in [0.29, 0.717) is 0 Å². The van der Waals surface area contributed by atoms with Crippen molar-refractivity contribution >= 4 is 0 Å². The molecule has 6 heavy (non-hydrogen) atoms. The Kier molecular flexibility index (Phi) is 8.28. The molecule has 0 aliphatic carbocycles. The van der Waals surface area contributed by atoms with Crippen LogP contribution in [0.25, 0.3) is 0 Å². The molecule has 0 heterocycles. The predicted molar refractivity (Wildman–Crippen MR) is 10.1 cm³/mol. The van der Waals surface area contributed by atoms with Crippen LogP contribution in [0.5, 0.6) is 0 Å². The Morgan fingerprint density at radius 1 is 1.33 bits per heavy atom. The van der Waals surface area contributed by atoms with Gasteiger partial charge in [-0.2, -0.15) is 0 Å². The fourth-order valence-electron chi connectivity index (χ4n) is 0. The van der Waals surface area contributed by atoms with Crippen LogP contribution in [0.2, 0.25) is 0 Å². The van der Waals surface area contributed by atoms with E-state index < -0.39 is 6.08 Å². The molecule has 0 saturated carbocycles. The van der Waals surface area contributed by atoms with Crippen molar-refractivity contribution in [3.8, 4) is 0 Å². The molecule has 0 bridgehead atoms. The molecule has 0 aromatic heterocycles. The van der Waals surface area contributed by atoms with Crippen molar-refractivity contribution in [3.05, 3.63) is 12.4 Å². The molecule has 0 aliphatic rings. The molecule has 0 spiro atoms. The van der Waals surface area contributed by atoms with Crippen molar-refractivity contribution < 1.29 is 34.2 Å². The van der Waals surface area contributed by atoms with Gasteiger partial charge in [0.15, 0.2) is 0 Å². The minimum atomic E-state index is -2.41. The topological polar surface area (TPSA) is 0 Å². The summed E-state index contributed by atoms with van der Waals surface area (Å²) in [6.45, 7) is 0. The zero-order valence-electron chi connectivity index (χ0n) is 2.45. The summed E-state index contributed by atoms with van der Waals surface area (Å²) < 4.78 is 30.5. The summed E-state index contributed by atoms with van der Waals surface area (Å²) in [5, 5.41) is 0. The van der Waals surface area contributed by atoms with Crippen molar-refractivity contribution in [1.29, 1.82) is 0 Å². The number of hydrogen-bond acceptors (Lipinski definition) is 0. The third kappa shape index (κ3) is 8.88. The first-order valence-corrected chi connectivity index (χ1v) is 0.817. The Balaban J connectivity index is 0. The van der Waals surface area contributed by atoms with Gasteiger partial charge in [0.1, 0.15) is 6.08 Å². The van der Waals surface area contributed by atoms with E-state index in [1.807, 2.05) is 0 Å². The molecule has 0 aromatic carbocycles. The summed E-state index contributed by atoms with van der Waals surface area (Å²) in [5.74, 6) is 0. The molecule has 0 aromatic rings. The van der Waals surface area contributed by atoms with Gasteiger partial charge < -0.3 is 4.39 Å². The van der Waals surface area contributed by atoms with E-state index in [1.165, 1.54) is 0 Å². The van der Waals surface area contributed by atoms with Gasteiger partial charge in [-0.05, 0) is 0 Å². The van der Waals surface area contributed by atoms with Gasteiger partial charge >= 0.3 is 0 Å². The molecule has 0 rings (SSSR count). The van der Waals surface area contributed by atoms with E-state index in [0.717, 1.165) is 0 Å². The molecule has 4 heteroatoms. The van der Waals surface area contributed by atoms with Crippen molar-refractivity contribution in [2.75, 3.05) is 0 Å². The van der Waals surface area contributed by atoms with Crippen LogP contribution >= 0.6 is 0 Å². The molecular formula is C2F3Pt-. The summed E-state index contributed by atoms with van der Waals surface area (Å²) in [6.07, 6.45) is -2.30. The van der Waals surface area contributed by atoms with Crippen molar-refractivity contribution in [2.24, 2.45) is 0 Å². The first-order chi connectivity index (χ1) is 2.27. The quantitative estimate of drug-likeness (QED) is 0.588. The smallest absolute Gasteiger partial charge is 0.120 e. The first kappa shape index (κ1) is 9.52. The third-order valence-corrected chi connectivity index (χ3v) is 0.0714. The zero-order chi connectivity index (χ0) is 4.28. The van der Waals surface area contributed by atoms with E-state index in [1.54, 1.807) is 0 Å². The molecule has 40 valence electrons. The number of rotatable bonds is 0. The van der Waals surface area contributed by atoms with Gasteiger partial charge in [0.25, 0.3) is 0 Å². The fourth-order valence-corrected chi connectivity index (χ4v) is 0. The second-order valence-corrected chi connectivity index (χ2v) is 0.355. The summed E-state index contributed by atoms with van der Waals surface area (Å²) in [7, 11) is 0. The molecule has 0 atom stereocenters. The van der Waals surface area contributed by atoms with Gasteiger partial charge in [-0.25, -0.2) is 15.1 Å². The van der Waals surface area contributed by atoms with Gasteiger partial charge in [-0.3, -0.25) is 0 Å². The Labute approximate surface area is 47.3 Å². The second-order valence-electron chi connectivity index (χ2n) is 0.355. The van der Waals surface area contributed by atoms with E-state index >= 15 is 0 Å². The number of hydrogen-bond donors (Lipinski definition) is 0. The van der Waals surface area contributed by atoms with Crippen LogP contribution in [-0.4, -0.2) is 0 Å². The van der Waals surface area contributed by atoms with Gasteiger partial charge in [0.05, 0.1) is 0 Å². The van der Waals surface area contributed by atoms with Gasteiger partial charge in [-0.1, -0.05) is 0 Å². The first-order valence-electron chi connectivity index (χ1n) is 0.817. The van der Waals surface area contributed by atoms with Crippen LogP contribution in [0.15, 0.2) is 6.08 Å². The molecule has 0 N–H and O–H groups in total. The van der Waals surface area contributed by atoms with Crippen molar-refractivity contribution in [1.82, 2.24) is 0 Å². The molecule has 0 amide bonds. The summed E-state index contributed by atoms with van der Waals surface area (Å²) >= 11 is 0. The molecule has 0 unspecified atom stereocenters. The Bertz CT molecular complexity index is 46.8. The Morgan fingerprint density at radius 2 is 1.50 bits per heavy atom. The van der Waals surface area contributed by atoms with Gasteiger partial charge in [0.2, 0.25) is 0 Å². The monoisotopic (exact) mass is 276 g/mol.